The number of carbonyl (C=O) groups is 3. The van der Waals surface area contributed by atoms with Crippen LogP contribution in [0.15, 0.2) is 0 Å². The van der Waals surface area contributed by atoms with E-state index in [2.05, 4.69) is 5.32 Å². The zero-order chi connectivity index (χ0) is 32.8. The van der Waals surface area contributed by atoms with Crippen LogP contribution in [0, 0.1) is 0 Å². The van der Waals surface area contributed by atoms with Crippen LogP contribution in [0.5, 0.6) is 0 Å². The van der Waals surface area contributed by atoms with Crippen molar-refractivity contribution in [1.29, 1.82) is 0 Å². The van der Waals surface area contributed by atoms with Gasteiger partial charge in [0.15, 0.2) is 6.29 Å². The van der Waals surface area contributed by atoms with Gasteiger partial charge in [-0.15, -0.1) is 0 Å². The topological polar surface area (TPSA) is 349 Å². The number of carboxylic acids is 1. The van der Waals surface area contributed by atoms with E-state index in [0.29, 0.717) is 0 Å². The number of ether oxygens (including phenoxy) is 4. The maximum Gasteiger partial charge on any atom is 0.364 e. The van der Waals surface area contributed by atoms with Crippen LogP contribution in [0.25, 0.3) is 0 Å². The van der Waals surface area contributed by atoms with Gasteiger partial charge in [-0.3, -0.25) is 4.79 Å². The van der Waals surface area contributed by atoms with Crippen molar-refractivity contribution >= 4 is 18.2 Å². The molecule has 2 aliphatic rings. The molecule has 20 heteroatoms. The number of nitrogens with two attached hydrogens (primary N) is 1. The molecule has 1 amide bonds. The van der Waals surface area contributed by atoms with Crippen LogP contribution in [0.2, 0.25) is 0 Å². The zero-order valence-corrected chi connectivity index (χ0v) is 22.8. The Balaban J connectivity index is 2.49. The summed E-state index contributed by atoms with van der Waals surface area (Å²) in [5.41, 5.74) is 5.47. The van der Waals surface area contributed by atoms with E-state index in [9.17, 15) is 70.6 Å². The highest BCUT2D eigenvalue weighted by Crippen LogP contribution is 2.37. The highest BCUT2D eigenvalue weighted by Gasteiger charge is 2.59. The average molecular weight is 633 g/mol. The number of amides is 1. The summed E-state index contributed by atoms with van der Waals surface area (Å²) >= 11 is 0. The third-order valence-electron chi connectivity index (χ3n) is 7.08. The van der Waals surface area contributed by atoms with E-state index < -0.39 is 129 Å². The van der Waals surface area contributed by atoms with Crippen molar-refractivity contribution < 1.29 is 89.5 Å². The van der Waals surface area contributed by atoms with Crippen molar-refractivity contribution in [1.82, 2.24) is 5.32 Å². The lowest BCUT2D eigenvalue weighted by Gasteiger charge is -2.50. The minimum atomic E-state index is -3.05. The van der Waals surface area contributed by atoms with E-state index in [4.69, 9.17) is 24.7 Å². The van der Waals surface area contributed by atoms with Crippen molar-refractivity contribution in [2.75, 3.05) is 19.8 Å². The Morgan fingerprint density at radius 3 is 2.16 bits per heavy atom. The first kappa shape index (κ1) is 37.2. The van der Waals surface area contributed by atoms with Gasteiger partial charge in [-0.2, -0.15) is 0 Å². The number of aliphatic hydroxyl groups is 10. The fourth-order valence-electron chi connectivity index (χ4n) is 4.73. The molecule has 0 spiro atoms. The smallest absolute Gasteiger partial charge is 0.364 e. The van der Waals surface area contributed by atoms with Gasteiger partial charge in [-0.25, -0.2) is 4.79 Å². The lowest BCUT2D eigenvalue weighted by atomic mass is 9.88. The number of aliphatic carboxylic acids is 1. The monoisotopic (exact) mass is 632 g/mol. The average Bonchev–Trinajstić information content (AvgIpc) is 2.97. The minimum Gasteiger partial charge on any atom is -0.477 e. The van der Waals surface area contributed by atoms with Gasteiger partial charge >= 0.3 is 5.97 Å². The maximum absolute atomic E-state index is 12.5. The molecule has 2 aliphatic heterocycles. The van der Waals surface area contributed by atoms with E-state index >= 15 is 0 Å². The largest absolute Gasteiger partial charge is 0.477 e. The molecule has 15 atom stereocenters. The second-order valence-corrected chi connectivity index (χ2v) is 10.2. The van der Waals surface area contributed by atoms with Gasteiger partial charge in [-0.05, 0) is 0 Å². The van der Waals surface area contributed by atoms with E-state index in [1.807, 2.05) is 0 Å². The first-order chi connectivity index (χ1) is 20.1. The predicted octanol–water partition coefficient (Wildman–Crippen LogP) is -8.41. The second-order valence-electron chi connectivity index (χ2n) is 10.2. The molecule has 14 N–H and O–H groups in total. The summed E-state index contributed by atoms with van der Waals surface area (Å²) in [6, 6.07) is -3.22. The Kier molecular flexibility index (Phi) is 13.7. The van der Waals surface area contributed by atoms with Crippen molar-refractivity contribution in [2.24, 2.45) is 5.73 Å². The minimum absolute atomic E-state index is 0.0879. The summed E-state index contributed by atoms with van der Waals surface area (Å²) in [5, 5.41) is 114. The quantitative estimate of drug-likeness (QED) is 0.0745. The molecular weight excluding hydrogens is 592 g/mol. The predicted molar refractivity (Wildman–Crippen MR) is 133 cm³/mol. The number of carbonyl (C=O) groups excluding carboxylic acids is 2. The molecule has 2 rings (SSSR count). The summed E-state index contributed by atoms with van der Waals surface area (Å²) in [5.74, 6) is -5.80. The SMILES string of the molecule is CC(=O)N[C@H]1C([C@H](O)[C@H](O)CO)O[C@@](O[C@H]2[C@@H](O)[C@@H](CO)O[C@@H](O[C@@H]([C@H](O)[C@@H](N)C=O)[C@H](O)CO)[C@@H]2O)(C(=O)O)C[C@@H]1O. The van der Waals surface area contributed by atoms with Gasteiger partial charge in [-0.1, -0.05) is 0 Å². The van der Waals surface area contributed by atoms with Gasteiger partial charge in [0, 0.05) is 13.3 Å². The van der Waals surface area contributed by atoms with Crippen molar-refractivity contribution in [3.8, 4) is 0 Å². The van der Waals surface area contributed by atoms with Crippen LogP contribution in [0.4, 0.5) is 0 Å². The van der Waals surface area contributed by atoms with Gasteiger partial charge < -0.3 is 91.0 Å². The van der Waals surface area contributed by atoms with Gasteiger partial charge in [0.1, 0.15) is 67.3 Å². The van der Waals surface area contributed by atoms with Crippen molar-refractivity contribution in [2.45, 2.75) is 105 Å². The first-order valence-corrected chi connectivity index (χ1v) is 13.1. The standard InChI is InChI=1S/C23H40N2O18/c1-7(30)25-13-9(31)2-23(22(38)39,42-19(13)15(35)10(32)4-27)43-20-16(36)12(6-29)40-21(17(20)37)41-18(11(33)5-28)14(34)8(24)3-26/h3,8-21,27-29,31-37H,2,4-6,24H2,1H3,(H,25,30)(H,38,39)/t8-,9-,10+,11+,12+,13+,14+,15+,16-,17+,18+,19?,20-,21-,23-/m0/s1. The van der Waals surface area contributed by atoms with E-state index in [1.165, 1.54) is 0 Å². The number of aldehydes is 1. The molecule has 2 fully saturated rings. The Labute approximate surface area is 243 Å². The normalized spacial score (nSPS) is 37.4. The maximum atomic E-state index is 12.5. The molecule has 1 unspecified atom stereocenters. The van der Waals surface area contributed by atoms with Gasteiger partial charge in [0.05, 0.1) is 38.0 Å². The summed E-state index contributed by atoms with van der Waals surface area (Å²) in [4.78, 5) is 35.3. The first-order valence-electron chi connectivity index (χ1n) is 13.1. The number of aliphatic hydroxyl groups excluding tert-OH is 10. The number of carboxylic acid groups (broad SMARTS) is 1. The highest BCUT2D eigenvalue weighted by atomic mass is 16.8. The van der Waals surface area contributed by atoms with Crippen LogP contribution in [0.1, 0.15) is 13.3 Å². The van der Waals surface area contributed by atoms with Gasteiger partial charge in [0.2, 0.25) is 5.91 Å². The number of hydrogen-bond donors (Lipinski definition) is 13. The molecule has 250 valence electrons. The number of hydrogen-bond acceptors (Lipinski definition) is 18. The summed E-state index contributed by atoms with van der Waals surface area (Å²) in [6.45, 7) is -2.08. The third-order valence-corrected chi connectivity index (χ3v) is 7.08. The molecule has 0 bridgehead atoms. The third kappa shape index (κ3) is 8.39. The summed E-state index contributed by atoms with van der Waals surface area (Å²) in [6.07, 6.45) is -24.9. The molecule has 0 aliphatic carbocycles. The van der Waals surface area contributed by atoms with Crippen LogP contribution in [-0.4, -0.2) is 185 Å². The van der Waals surface area contributed by atoms with Crippen molar-refractivity contribution in [3.63, 3.8) is 0 Å². The molecule has 0 saturated carbocycles. The van der Waals surface area contributed by atoms with Crippen LogP contribution >= 0.6 is 0 Å². The summed E-state index contributed by atoms with van der Waals surface area (Å²) < 4.78 is 21.6. The van der Waals surface area contributed by atoms with Crippen molar-refractivity contribution in [3.05, 3.63) is 0 Å². The zero-order valence-electron chi connectivity index (χ0n) is 22.8. The molecule has 2 saturated heterocycles. The van der Waals surface area contributed by atoms with Crippen LogP contribution in [0.3, 0.4) is 0 Å². The molecule has 20 nitrogen and oxygen atoms in total. The molecule has 2 heterocycles. The Bertz CT molecular complexity index is 931. The molecule has 0 aromatic rings. The molecule has 0 radical (unpaired) electrons. The number of rotatable bonds is 15. The Morgan fingerprint density at radius 2 is 1.67 bits per heavy atom. The molecule has 0 aromatic heterocycles. The fourth-order valence-corrected chi connectivity index (χ4v) is 4.73. The lowest BCUT2D eigenvalue weighted by Crippen LogP contribution is -2.70. The van der Waals surface area contributed by atoms with E-state index in [0.717, 1.165) is 6.92 Å². The highest BCUT2D eigenvalue weighted by molar-refractivity contribution is 5.76. The fraction of sp³-hybridized carbons (Fsp3) is 0.870. The Morgan fingerprint density at radius 1 is 1.07 bits per heavy atom. The lowest BCUT2D eigenvalue weighted by molar-refractivity contribution is -0.376. The molecule has 0 aromatic carbocycles. The number of nitrogens with one attached hydrogen (secondary N) is 1. The van der Waals surface area contributed by atoms with Crippen LogP contribution < -0.4 is 11.1 Å². The molecule has 43 heavy (non-hydrogen) atoms. The summed E-state index contributed by atoms with van der Waals surface area (Å²) in [7, 11) is 0. The van der Waals surface area contributed by atoms with Crippen LogP contribution in [-0.2, 0) is 33.3 Å². The molecular formula is C23H40N2O18. The van der Waals surface area contributed by atoms with E-state index in [-0.39, 0.29) is 6.29 Å². The Hall–Kier alpha value is -1.99. The second kappa shape index (κ2) is 15.8. The van der Waals surface area contributed by atoms with Gasteiger partial charge in [0.25, 0.3) is 5.79 Å². The van der Waals surface area contributed by atoms with E-state index in [1.54, 1.807) is 0 Å².